The normalized spacial score (nSPS) is 11.7. The second-order valence-electron chi connectivity index (χ2n) is 7.00. The first-order chi connectivity index (χ1) is 14.7. The molecule has 3 rings (SSSR count). The van der Waals surface area contributed by atoms with Gasteiger partial charge in [0.2, 0.25) is 5.88 Å². The number of benzene rings is 2. The van der Waals surface area contributed by atoms with Crippen LogP contribution in [0.3, 0.4) is 0 Å². The smallest absolute Gasteiger partial charge is 0.305 e. The van der Waals surface area contributed by atoms with E-state index in [0.29, 0.717) is 21.3 Å². The number of hydrogen-bond donors (Lipinski definition) is 3. The number of aromatic nitrogens is 2. The maximum Gasteiger partial charge on any atom is 0.305 e. The van der Waals surface area contributed by atoms with Gasteiger partial charge in [-0.3, -0.25) is 9.59 Å². The number of aromatic hydroxyl groups is 1. The fraction of sp³-hybridized carbons (Fsp3) is 0.190. The molecule has 0 spiro atoms. The Morgan fingerprint density at radius 1 is 1.16 bits per heavy atom. The zero-order valence-electron chi connectivity index (χ0n) is 16.7. The van der Waals surface area contributed by atoms with Gasteiger partial charge in [0.1, 0.15) is 0 Å². The topological polar surface area (TPSA) is 108 Å². The summed E-state index contributed by atoms with van der Waals surface area (Å²) in [6, 6.07) is 12.0. The molecule has 0 saturated heterocycles. The van der Waals surface area contributed by atoms with Crippen molar-refractivity contribution in [3.05, 3.63) is 69.8 Å². The molecule has 2 aromatic carbocycles. The van der Waals surface area contributed by atoms with Crippen LogP contribution < -0.4 is 10.2 Å². The highest BCUT2D eigenvalue weighted by molar-refractivity contribution is 6.31. The molecule has 3 N–H and O–H groups in total. The quantitative estimate of drug-likeness (QED) is 0.491. The minimum Gasteiger partial charge on any atom is -0.493 e. The monoisotopic (exact) mass is 462 g/mol. The van der Waals surface area contributed by atoms with Crippen molar-refractivity contribution in [1.82, 2.24) is 15.1 Å². The number of anilines is 1. The summed E-state index contributed by atoms with van der Waals surface area (Å²) in [6.07, 6.45) is -0.381. The van der Waals surface area contributed by atoms with Crippen molar-refractivity contribution in [2.45, 2.75) is 12.5 Å². The molecule has 0 bridgehead atoms. The molecule has 1 unspecified atom stereocenters. The van der Waals surface area contributed by atoms with Gasteiger partial charge >= 0.3 is 5.97 Å². The fourth-order valence-electron chi connectivity index (χ4n) is 3.00. The van der Waals surface area contributed by atoms with E-state index in [4.69, 9.17) is 23.2 Å². The van der Waals surface area contributed by atoms with E-state index in [1.807, 2.05) is 19.0 Å². The van der Waals surface area contributed by atoms with Gasteiger partial charge in [0, 0.05) is 35.9 Å². The van der Waals surface area contributed by atoms with Crippen molar-refractivity contribution in [3.63, 3.8) is 0 Å². The number of halogens is 2. The molecule has 1 atom stereocenters. The largest absolute Gasteiger partial charge is 0.493 e. The van der Waals surface area contributed by atoms with Gasteiger partial charge in [0.05, 0.1) is 18.2 Å². The van der Waals surface area contributed by atoms with E-state index in [2.05, 4.69) is 10.4 Å². The number of nitrogens with zero attached hydrogens (tertiary/aromatic N) is 3. The zero-order valence-corrected chi connectivity index (χ0v) is 18.2. The summed E-state index contributed by atoms with van der Waals surface area (Å²) < 4.78 is 1.16. The van der Waals surface area contributed by atoms with Crippen molar-refractivity contribution >= 4 is 40.8 Å². The predicted molar refractivity (Wildman–Crippen MR) is 118 cm³/mol. The average Bonchev–Trinajstić information content (AvgIpc) is 3.09. The summed E-state index contributed by atoms with van der Waals surface area (Å²) in [5.74, 6) is -2.03. The summed E-state index contributed by atoms with van der Waals surface area (Å²) in [5, 5.41) is 27.0. The number of carbonyl (C=O) groups is 2. The molecule has 0 aliphatic heterocycles. The first-order valence-electron chi connectivity index (χ1n) is 9.20. The Balaban J connectivity index is 1.88. The second kappa shape index (κ2) is 9.28. The van der Waals surface area contributed by atoms with Crippen LogP contribution in [0.1, 0.15) is 28.5 Å². The van der Waals surface area contributed by atoms with Crippen LogP contribution in [0.25, 0.3) is 5.69 Å². The van der Waals surface area contributed by atoms with E-state index in [1.54, 1.807) is 42.5 Å². The molecule has 162 valence electrons. The first-order valence-corrected chi connectivity index (χ1v) is 9.95. The molecule has 1 amide bonds. The van der Waals surface area contributed by atoms with Gasteiger partial charge in [-0.25, -0.2) is 4.68 Å². The molecule has 31 heavy (non-hydrogen) atoms. The Hall–Kier alpha value is -3.23. The number of rotatable bonds is 7. The molecule has 1 aromatic heterocycles. The van der Waals surface area contributed by atoms with Crippen LogP contribution in [0.4, 0.5) is 5.69 Å². The Morgan fingerprint density at radius 3 is 2.52 bits per heavy atom. The Bertz CT molecular complexity index is 1130. The van der Waals surface area contributed by atoms with Gasteiger partial charge in [-0.05, 0) is 35.9 Å². The number of hydrogen-bond acceptors (Lipinski definition) is 5. The lowest BCUT2D eigenvalue weighted by atomic mass is 10.0. The molecule has 0 aliphatic rings. The van der Waals surface area contributed by atoms with Gasteiger partial charge in [0.15, 0.2) is 5.69 Å². The molecule has 1 heterocycles. The van der Waals surface area contributed by atoms with E-state index in [-0.39, 0.29) is 18.0 Å². The molecule has 10 heteroatoms. The lowest BCUT2D eigenvalue weighted by Gasteiger charge is -2.20. The third-order valence-corrected chi connectivity index (χ3v) is 5.10. The fourth-order valence-corrected chi connectivity index (χ4v) is 3.49. The standard InChI is InChI=1S/C21H20Cl2N4O4/c1-26(2)13-6-7-15(16(23)9-13)17(11-20(29)30)24-21(31)18-10-19(28)27(25-18)14-5-3-4-12(22)8-14/h3-10,17,28H,11H2,1-2H3,(H,24,31)(H,29,30). The van der Waals surface area contributed by atoms with Gasteiger partial charge < -0.3 is 20.4 Å². The van der Waals surface area contributed by atoms with Crippen LogP contribution >= 0.6 is 23.2 Å². The highest BCUT2D eigenvalue weighted by Gasteiger charge is 2.24. The molecular weight excluding hydrogens is 443 g/mol. The van der Waals surface area contributed by atoms with E-state index >= 15 is 0 Å². The molecule has 0 aliphatic carbocycles. The van der Waals surface area contributed by atoms with Crippen molar-refractivity contribution in [2.24, 2.45) is 0 Å². The maximum atomic E-state index is 12.8. The molecule has 3 aromatic rings. The predicted octanol–water partition coefficient (Wildman–Crippen LogP) is 3.90. The van der Waals surface area contributed by atoms with Crippen LogP contribution in [-0.2, 0) is 4.79 Å². The minimum atomic E-state index is -1.11. The number of amides is 1. The highest BCUT2D eigenvalue weighted by Crippen LogP contribution is 2.30. The number of carboxylic acid groups (broad SMARTS) is 1. The summed E-state index contributed by atoms with van der Waals surface area (Å²) in [5.41, 5.74) is 1.67. The lowest BCUT2D eigenvalue weighted by Crippen LogP contribution is -2.31. The second-order valence-corrected chi connectivity index (χ2v) is 7.85. The van der Waals surface area contributed by atoms with Crippen molar-refractivity contribution in [2.75, 3.05) is 19.0 Å². The van der Waals surface area contributed by atoms with Crippen molar-refractivity contribution < 1.29 is 19.8 Å². The van der Waals surface area contributed by atoms with E-state index in [1.165, 1.54) is 6.07 Å². The number of aliphatic carboxylic acids is 1. The first kappa shape index (κ1) is 22.5. The molecule has 8 nitrogen and oxygen atoms in total. The number of carboxylic acids is 1. The lowest BCUT2D eigenvalue weighted by molar-refractivity contribution is -0.137. The van der Waals surface area contributed by atoms with Crippen LogP contribution in [0.15, 0.2) is 48.5 Å². The van der Waals surface area contributed by atoms with Crippen LogP contribution in [0.2, 0.25) is 10.0 Å². The molecule has 0 saturated carbocycles. The Labute approximate surface area is 188 Å². The number of carbonyl (C=O) groups excluding carboxylic acids is 1. The van der Waals surface area contributed by atoms with Crippen LogP contribution in [0.5, 0.6) is 5.88 Å². The summed E-state index contributed by atoms with van der Waals surface area (Å²) >= 11 is 12.3. The number of nitrogens with one attached hydrogen (secondary N) is 1. The third kappa shape index (κ3) is 5.28. The maximum absolute atomic E-state index is 12.8. The summed E-state index contributed by atoms with van der Waals surface area (Å²) in [4.78, 5) is 26.0. The summed E-state index contributed by atoms with van der Waals surface area (Å²) in [6.45, 7) is 0. The SMILES string of the molecule is CN(C)c1ccc(C(CC(=O)O)NC(=O)c2cc(O)n(-c3cccc(Cl)c3)n2)c(Cl)c1. The van der Waals surface area contributed by atoms with Gasteiger partial charge in [-0.1, -0.05) is 35.3 Å². The Morgan fingerprint density at radius 2 is 1.90 bits per heavy atom. The van der Waals surface area contributed by atoms with E-state index in [9.17, 15) is 19.8 Å². The van der Waals surface area contributed by atoms with E-state index in [0.717, 1.165) is 10.4 Å². The van der Waals surface area contributed by atoms with Crippen molar-refractivity contribution in [1.29, 1.82) is 0 Å². The van der Waals surface area contributed by atoms with Crippen LogP contribution in [0, 0.1) is 0 Å². The van der Waals surface area contributed by atoms with Gasteiger partial charge in [0.25, 0.3) is 5.91 Å². The molecule has 0 fully saturated rings. The highest BCUT2D eigenvalue weighted by atomic mass is 35.5. The third-order valence-electron chi connectivity index (χ3n) is 4.54. The molecular formula is C21H20Cl2N4O4. The van der Waals surface area contributed by atoms with Gasteiger partial charge in [-0.2, -0.15) is 5.10 Å². The van der Waals surface area contributed by atoms with Crippen LogP contribution in [-0.4, -0.2) is 46.0 Å². The Kier molecular flexibility index (Phi) is 6.72. The van der Waals surface area contributed by atoms with Gasteiger partial charge in [-0.15, -0.1) is 0 Å². The van der Waals surface area contributed by atoms with Crippen molar-refractivity contribution in [3.8, 4) is 11.6 Å². The van der Waals surface area contributed by atoms with E-state index < -0.39 is 17.9 Å². The summed E-state index contributed by atoms with van der Waals surface area (Å²) in [7, 11) is 3.70. The average molecular weight is 463 g/mol. The molecule has 0 radical (unpaired) electrons. The minimum absolute atomic E-state index is 0.0890. The zero-order chi connectivity index (χ0) is 22.7.